The van der Waals surface area contributed by atoms with E-state index in [2.05, 4.69) is 20.2 Å². The number of phenols is 1. The van der Waals surface area contributed by atoms with E-state index in [1.807, 2.05) is 30.5 Å². The fourth-order valence-corrected chi connectivity index (χ4v) is 2.95. The van der Waals surface area contributed by atoms with E-state index in [4.69, 9.17) is 9.72 Å². The summed E-state index contributed by atoms with van der Waals surface area (Å²) in [5, 5.41) is 13.2. The van der Waals surface area contributed by atoms with Crippen molar-refractivity contribution in [2.75, 3.05) is 36.5 Å². The van der Waals surface area contributed by atoms with Crippen molar-refractivity contribution in [3.63, 3.8) is 0 Å². The molecule has 0 amide bonds. The molecule has 7 heteroatoms. The van der Waals surface area contributed by atoms with Gasteiger partial charge in [-0.3, -0.25) is 4.98 Å². The van der Waals surface area contributed by atoms with Crippen molar-refractivity contribution in [1.82, 2.24) is 15.0 Å². The van der Waals surface area contributed by atoms with E-state index in [0.717, 1.165) is 35.9 Å². The van der Waals surface area contributed by atoms with Crippen LogP contribution in [0, 0.1) is 0 Å². The van der Waals surface area contributed by atoms with Crippen molar-refractivity contribution in [3.05, 3.63) is 60.4 Å². The van der Waals surface area contributed by atoms with Crippen molar-refractivity contribution in [3.8, 4) is 17.1 Å². The first-order valence-electron chi connectivity index (χ1n) is 8.92. The van der Waals surface area contributed by atoms with Crippen molar-refractivity contribution in [2.24, 2.45) is 0 Å². The molecule has 0 atom stereocenters. The first-order valence-corrected chi connectivity index (χ1v) is 8.92. The van der Waals surface area contributed by atoms with Crippen LogP contribution in [0.5, 0.6) is 5.75 Å². The van der Waals surface area contributed by atoms with E-state index in [1.54, 1.807) is 24.4 Å². The molecule has 1 fully saturated rings. The molecule has 1 aliphatic rings. The second-order valence-electron chi connectivity index (χ2n) is 6.30. The van der Waals surface area contributed by atoms with Crippen LogP contribution in [0.25, 0.3) is 11.4 Å². The Hall–Kier alpha value is -3.19. The highest BCUT2D eigenvalue weighted by molar-refractivity contribution is 5.63. The maximum atomic E-state index is 9.81. The molecule has 0 unspecified atom stereocenters. The van der Waals surface area contributed by atoms with Crippen molar-refractivity contribution in [1.29, 1.82) is 0 Å². The van der Waals surface area contributed by atoms with Crippen LogP contribution in [0.3, 0.4) is 0 Å². The van der Waals surface area contributed by atoms with Crippen molar-refractivity contribution in [2.45, 2.75) is 6.54 Å². The molecule has 27 heavy (non-hydrogen) atoms. The van der Waals surface area contributed by atoms with Crippen LogP contribution in [0.15, 0.2) is 54.9 Å². The summed E-state index contributed by atoms with van der Waals surface area (Å²) >= 11 is 0. The van der Waals surface area contributed by atoms with Gasteiger partial charge in [-0.05, 0) is 23.8 Å². The molecule has 0 bridgehead atoms. The van der Waals surface area contributed by atoms with Crippen LogP contribution >= 0.6 is 0 Å². The summed E-state index contributed by atoms with van der Waals surface area (Å²) in [5.74, 6) is 2.34. The number of phenolic OH excluding ortho intramolecular Hbond substituents is 1. The molecule has 4 rings (SSSR count). The molecule has 1 aromatic carbocycles. The van der Waals surface area contributed by atoms with E-state index in [-0.39, 0.29) is 5.75 Å². The monoisotopic (exact) mass is 363 g/mol. The first kappa shape index (κ1) is 17.2. The number of nitrogens with zero attached hydrogens (tertiary/aromatic N) is 4. The van der Waals surface area contributed by atoms with Gasteiger partial charge in [0.15, 0.2) is 5.82 Å². The Kier molecular flexibility index (Phi) is 5.11. The second kappa shape index (κ2) is 8.01. The molecular weight excluding hydrogens is 342 g/mol. The largest absolute Gasteiger partial charge is 0.508 e. The van der Waals surface area contributed by atoms with Gasteiger partial charge in [0.05, 0.1) is 13.2 Å². The lowest BCUT2D eigenvalue weighted by Crippen LogP contribution is -2.36. The summed E-state index contributed by atoms with van der Waals surface area (Å²) in [6.45, 7) is 3.57. The minimum Gasteiger partial charge on any atom is -0.508 e. The third kappa shape index (κ3) is 4.32. The zero-order chi connectivity index (χ0) is 18.5. The van der Waals surface area contributed by atoms with Crippen molar-refractivity contribution >= 4 is 11.6 Å². The highest BCUT2D eigenvalue weighted by Gasteiger charge is 2.16. The van der Waals surface area contributed by atoms with E-state index < -0.39 is 0 Å². The van der Waals surface area contributed by atoms with Crippen LogP contribution in [0.2, 0.25) is 0 Å². The zero-order valence-electron chi connectivity index (χ0n) is 14.9. The molecule has 0 aliphatic carbocycles. The number of aromatic nitrogens is 3. The number of morpholine rings is 1. The van der Waals surface area contributed by atoms with Gasteiger partial charge in [0.1, 0.15) is 17.4 Å². The average molecular weight is 363 g/mol. The summed E-state index contributed by atoms with van der Waals surface area (Å²) in [4.78, 5) is 15.7. The third-order valence-corrected chi connectivity index (χ3v) is 4.35. The third-order valence-electron chi connectivity index (χ3n) is 4.35. The number of nitrogens with one attached hydrogen (secondary N) is 1. The van der Waals surface area contributed by atoms with E-state index in [9.17, 15) is 5.11 Å². The Bertz CT molecular complexity index is 898. The number of benzene rings is 1. The van der Waals surface area contributed by atoms with Gasteiger partial charge >= 0.3 is 0 Å². The van der Waals surface area contributed by atoms with E-state index in [0.29, 0.717) is 25.6 Å². The van der Waals surface area contributed by atoms with Crippen LogP contribution in [-0.4, -0.2) is 46.4 Å². The maximum Gasteiger partial charge on any atom is 0.163 e. The molecule has 1 saturated heterocycles. The Labute approximate surface area is 157 Å². The number of rotatable bonds is 5. The summed E-state index contributed by atoms with van der Waals surface area (Å²) in [5.41, 5.74) is 1.84. The molecular formula is C20H21N5O2. The molecule has 0 radical (unpaired) electrons. The van der Waals surface area contributed by atoms with Gasteiger partial charge in [-0.1, -0.05) is 18.2 Å². The molecule has 138 valence electrons. The summed E-state index contributed by atoms with van der Waals surface area (Å²) in [6, 6.07) is 12.9. The molecule has 7 nitrogen and oxygen atoms in total. The molecule has 3 heterocycles. The SMILES string of the molecule is Oc1cccc(-c2nc(NCc3cccnc3)cc(N3CCOCC3)n2)c1. The fraction of sp³-hybridized carbons (Fsp3) is 0.250. The smallest absolute Gasteiger partial charge is 0.163 e. The molecule has 2 N–H and O–H groups in total. The summed E-state index contributed by atoms with van der Waals surface area (Å²) in [7, 11) is 0. The number of hydrogen-bond donors (Lipinski definition) is 2. The zero-order valence-corrected chi connectivity index (χ0v) is 14.9. The Morgan fingerprint density at radius 3 is 2.74 bits per heavy atom. The van der Waals surface area contributed by atoms with Gasteiger partial charge in [0.2, 0.25) is 0 Å². The first-order chi connectivity index (χ1) is 13.3. The normalized spacial score (nSPS) is 14.1. The van der Waals surface area contributed by atoms with Gasteiger partial charge in [-0.15, -0.1) is 0 Å². The molecule has 1 aliphatic heterocycles. The standard InChI is InChI=1S/C20H21N5O2/c26-17-5-1-4-16(11-17)20-23-18(22-14-15-3-2-6-21-13-15)12-19(24-20)25-7-9-27-10-8-25/h1-6,11-13,26H,7-10,14H2,(H,22,23,24). The van der Waals surface area contributed by atoms with Crippen LogP contribution < -0.4 is 10.2 Å². The van der Waals surface area contributed by atoms with Crippen LogP contribution in [-0.2, 0) is 11.3 Å². The lowest BCUT2D eigenvalue weighted by atomic mass is 10.2. The van der Waals surface area contributed by atoms with E-state index >= 15 is 0 Å². The number of pyridine rings is 1. The lowest BCUT2D eigenvalue weighted by molar-refractivity contribution is 0.122. The highest BCUT2D eigenvalue weighted by atomic mass is 16.5. The summed E-state index contributed by atoms with van der Waals surface area (Å²) < 4.78 is 5.45. The van der Waals surface area contributed by atoms with Crippen LogP contribution in [0.4, 0.5) is 11.6 Å². The predicted molar refractivity (Wildman–Crippen MR) is 104 cm³/mol. The second-order valence-corrected chi connectivity index (χ2v) is 6.30. The van der Waals surface area contributed by atoms with Gasteiger partial charge in [0, 0.05) is 43.7 Å². The molecule has 3 aromatic rings. The quantitative estimate of drug-likeness (QED) is 0.721. The average Bonchev–Trinajstić information content (AvgIpc) is 2.73. The van der Waals surface area contributed by atoms with Gasteiger partial charge < -0.3 is 20.1 Å². The minimum absolute atomic E-state index is 0.192. The lowest BCUT2D eigenvalue weighted by Gasteiger charge is -2.28. The molecule has 0 spiro atoms. The molecule has 0 saturated carbocycles. The Morgan fingerprint density at radius 2 is 1.96 bits per heavy atom. The van der Waals surface area contributed by atoms with E-state index in [1.165, 1.54) is 0 Å². The Morgan fingerprint density at radius 1 is 1.07 bits per heavy atom. The Balaban J connectivity index is 1.65. The van der Waals surface area contributed by atoms with Gasteiger partial charge in [-0.2, -0.15) is 0 Å². The highest BCUT2D eigenvalue weighted by Crippen LogP contribution is 2.25. The molecule has 2 aromatic heterocycles. The number of ether oxygens (including phenoxy) is 1. The van der Waals surface area contributed by atoms with Gasteiger partial charge in [0.25, 0.3) is 0 Å². The number of anilines is 2. The number of hydrogen-bond acceptors (Lipinski definition) is 7. The number of aromatic hydroxyl groups is 1. The van der Waals surface area contributed by atoms with Crippen molar-refractivity contribution < 1.29 is 9.84 Å². The van der Waals surface area contributed by atoms with Crippen LogP contribution in [0.1, 0.15) is 5.56 Å². The minimum atomic E-state index is 0.192. The predicted octanol–water partition coefficient (Wildman–Crippen LogP) is 2.69. The topological polar surface area (TPSA) is 83.4 Å². The van der Waals surface area contributed by atoms with Gasteiger partial charge in [-0.25, -0.2) is 9.97 Å². The fourth-order valence-electron chi connectivity index (χ4n) is 2.95. The maximum absolute atomic E-state index is 9.81. The summed E-state index contributed by atoms with van der Waals surface area (Å²) in [6.07, 6.45) is 3.58.